The van der Waals surface area contributed by atoms with Gasteiger partial charge in [0.15, 0.2) is 5.11 Å². The second kappa shape index (κ2) is 8.03. The summed E-state index contributed by atoms with van der Waals surface area (Å²) in [5.74, 6) is -0.366. The number of carbonyl (C=O) groups excluding carboxylic acids is 2. The Balaban J connectivity index is 1.74. The number of nitrogens with one attached hydrogen (secondary N) is 2. The Morgan fingerprint density at radius 2 is 1.85 bits per heavy atom. The van der Waals surface area contributed by atoms with Crippen LogP contribution >= 0.6 is 12.2 Å². The van der Waals surface area contributed by atoms with Crippen molar-refractivity contribution in [2.75, 3.05) is 12.4 Å². The summed E-state index contributed by atoms with van der Waals surface area (Å²) < 4.78 is 4.85. The van der Waals surface area contributed by atoms with E-state index < -0.39 is 0 Å². The maximum Gasteiger partial charge on any atom is 0.339 e. The molecule has 2 saturated heterocycles. The predicted octanol–water partition coefficient (Wildman–Crippen LogP) is 2.69. The molecule has 7 heteroatoms. The molecule has 2 aliphatic heterocycles. The van der Waals surface area contributed by atoms with Gasteiger partial charge in [0.05, 0.1) is 18.4 Å². The van der Waals surface area contributed by atoms with Gasteiger partial charge in [-0.2, -0.15) is 0 Å². The molecule has 140 valence electrons. The molecular formula is C19H25N3O3S. The zero-order valence-electron chi connectivity index (χ0n) is 15.2. The molecule has 2 heterocycles. The lowest BCUT2D eigenvalue weighted by Gasteiger charge is -2.50. The number of ether oxygens (including phenoxy) is 1. The molecule has 0 spiro atoms. The number of rotatable bonds is 3. The van der Waals surface area contributed by atoms with Crippen LogP contribution in [0.15, 0.2) is 24.3 Å². The molecule has 2 bridgehead atoms. The number of benzene rings is 1. The van der Waals surface area contributed by atoms with E-state index in [1.807, 2.05) is 12.1 Å². The van der Waals surface area contributed by atoms with Crippen LogP contribution in [0.5, 0.6) is 0 Å². The second-order valence-electron chi connectivity index (χ2n) is 6.98. The van der Waals surface area contributed by atoms with Crippen molar-refractivity contribution in [1.82, 2.24) is 10.2 Å². The molecule has 0 aliphatic carbocycles. The van der Waals surface area contributed by atoms with Crippen LogP contribution in [0.1, 0.15) is 49.4 Å². The zero-order chi connectivity index (χ0) is 18.7. The summed E-state index contributed by atoms with van der Waals surface area (Å²) in [6, 6.07) is 8.05. The molecule has 2 unspecified atom stereocenters. The Bertz CT molecular complexity index is 695. The van der Waals surface area contributed by atoms with Crippen LogP contribution < -0.4 is 10.6 Å². The van der Waals surface area contributed by atoms with Crippen molar-refractivity contribution in [1.29, 1.82) is 0 Å². The van der Waals surface area contributed by atoms with Crippen molar-refractivity contribution in [3.63, 3.8) is 0 Å². The number of amides is 1. The minimum absolute atomic E-state index is 0.0224. The zero-order valence-corrected chi connectivity index (χ0v) is 16.0. The highest BCUT2D eigenvalue weighted by Gasteiger charge is 2.39. The first-order valence-corrected chi connectivity index (χ1v) is 9.44. The Hall–Kier alpha value is -2.15. The van der Waals surface area contributed by atoms with Crippen LogP contribution in [-0.4, -0.2) is 47.1 Å². The van der Waals surface area contributed by atoms with Crippen molar-refractivity contribution in [2.24, 2.45) is 0 Å². The Kier molecular flexibility index (Phi) is 5.76. The molecule has 1 aromatic carbocycles. The van der Waals surface area contributed by atoms with Crippen LogP contribution in [0.2, 0.25) is 0 Å². The van der Waals surface area contributed by atoms with Crippen LogP contribution in [0.3, 0.4) is 0 Å². The fourth-order valence-electron chi connectivity index (χ4n) is 4.18. The van der Waals surface area contributed by atoms with Gasteiger partial charge in [-0.15, -0.1) is 0 Å². The molecule has 0 radical (unpaired) electrons. The highest BCUT2D eigenvalue weighted by molar-refractivity contribution is 7.80. The summed E-state index contributed by atoms with van der Waals surface area (Å²) >= 11 is 5.69. The number of hydrogen-bond donors (Lipinski definition) is 2. The minimum atomic E-state index is -0.388. The number of para-hydroxylation sites is 1. The van der Waals surface area contributed by atoms with Crippen molar-refractivity contribution in [3.8, 4) is 0 Å². The van der Waals surface area contributed by atoms with Crippen LogP contribution in [0, 0.1) is 0 Å². The van der Waals surface area contributed by atoms with E-state index >= 15 is 0 Å². The molecular weight excluding hydrogens is 350 g/mol. The Morgan fingerprint density at radius 1 is 1.19 bits per heavy atom. The molecule has 2 aliphatic rings. The fraction of sp³-hybridized carbons (Fsp3) is 0.526. The summed E-state index contributed by atoms with van der Waals surface area (Å²) in [6.07, 6.45) is 5.10. The topological polar surface area (TPSA) is 70.7 Å². The first-order chi connectivity index (χ1) is 12.5. The van der Waals surface area contributed by atoms with E-state index in [4.69, 9.17) is 17.0 Å². The van der Waals surface area contributed by atoms with E-state index in [0.29, 0.717) is 28.4 Å². The number of methoxy groups -OCH3 is 1. The van der Waals surface area contributed by atoms with E-state index in [1.54, 1.807) is 19.1 Å². The van der Waals surface area contributed by atoms with Gasteiger partial charge in [0, 0.05) is 25.0 Å². The highest BCUT2D eigenvalue weighted by Crippen LogP contribution is 2.35. The molecule has 0 saturated carbocycles. The largest absolute Gasteiger partial charge is 0.465 e. The molecule has 2 fully saturated rings. The van der Waals surface area contributed by atoms with Gasteiger partial charge in [0.1, 0.15) is 0 Å². The van der Waals surface area contributed by atoms with Gasteiger partial charge in [0.25, 0.3) is 0 Å². The van der Waals surface area contributed by atoms with Gasteiger partial charge in [0.2, 0.25) is 5.91 Å². The maximum atomic E-state index is 12.0. The number of piperidine rings is 2. The number of carbonyl (C=O) groups is 2. The number of esters is 1. The average Bonchev–Trinajstić information content (AvgIpc) is 2.60. The fourth-order valence-corrected chi connectivity index (χ4v) is 4.59. The lowest BCUT2D eigenvalue weighted by Crippen LogP contribution is -2.59. The Labute approximate surface area is 159 Å². The molecule has 6 nitrogen and oxygen atoms in total. The first-order valence-electron chi connectivity index (χ1n) is 9.03. The van der Waals surface area contributed by atoms with E-state index in [9.17, 15) is 9.59 Å². The SMILES string of the molecule is COC(=O)c1ccccc1NC(=S)N1C2CCCC1CC(NC(C)=O)C2. The van der Waals surface area contributed by atoms with E-state index in [1.165, 1.54) is 13.5 Å². The maximum absolute atomic E-state index is 12.0. The van der Waals surface area contributed by atoms with Gasteiger partial charge in [-0.3, -0.25) is 4.79 Å². The van der Waals surface area contributed by atoms with Crippen molar-refractivity contribution < 1.29 is 14.3 Å². The number of hydrogen-bond acceptors (Lipinski definition) is 4. The third-order valence-electron chi connectivity index (χ3n) is 5.19. The quantitative estimate of drug-likeness (QED) is 0.625. The lowest BCUT2D eigenvalue weighted by atomic mass is 9.82. The molecule has 2 N–H and O–H groups in total. The summed E-state index contributed by atoms with van der Waals surface area (Å²) in [5, 5.41) is 6.95. The number of fused-ring (bicyclic) bond motifs is 2. The summed E-state index contributed by atoms with van der Waals surface area (Å²) in [5.41, 5.74) is 1.13. The summed E-state index contributed by atoms with van der Waals surface area (Å²) in [7, 11) is 1.37. The number of anilines is 1. The van der Waals surface area contributed by atoms with Gasteiger partial charge >= 0.3 is 5.97 Å². The molecule has 26 heavy (non-hydrogen) atoms. The van der Waals surface area contributed by atoms with E-state index in [2.05, 4.69) is 15.5 Å². The first kappa shape index (κ1) is 18.6. The van der Waals surface area contributed by atoms with E-state index in [0.717, 1.165) is 25.7 Å². The van der Waals surface area contributed by atoms with Crippen molar-refractivity contribution >= 4 is 34.9 Å². The van der Waals surface area contributed by atoms with E-state index in [-0.39, 0.29) is 17.9 Å². The lowest BCUT2D eigenvalue weighted by molar-refractivity contribution is -0.120. The second-order valence-corrected chi connectivity index (χ2v) is 7.37. The smallest absolute Gasteiger partial charge is 0.339 e. The standard InChI is InChI=1S/C19H25N3O3S/c1-12(23)20-13-10-14-6-5-7-15(11-13)22(14)19(26)21-17-9-4-3-8-16(17)18(24)25-2/h3-4,8-9,13-15H,5-7,10-11H2,1-2H3,(H,20,23)(H,21,26). The van der Waals surface area contributed by atoms with Gasteiger partial charge < -0.3 is 20.3 Å². The predicted molar refractivity (Wildman–Crippen MR) is 104 cm³/mol. The molecule has 2 atom stereocenters. The number of thiocarbonyl (C=S) groups is 1. The molecule has 0 aromatic heterocycles. The monoisotopic (exact) mass is 375 g/mol. The van der Waals surface area contributed by atoms with Crippen LogP contribution in [0.4, 0.5) is 5.69 Å². The van der Waals surface area contributed by atoms with Crippen molar-refractivity contribution in [2.45, 2.75) is 57.2 Å². The summed E-state index contributed by atoms with van der Waals surface area (Å²) in [4.78, 5) is 25.7. The molecule has 1 amide bonds. The third kappa shape index (κ3) is 3.98. The van der Waals surface area contributed by atoms with Gasteiger partial charge in [-0.1, -0.05) is 12.1 Å². The highest BCUT2D eigenvalue weighted by atomic mass is 32.1. The Morgan fingerprint density at radius 3 is 2.46 bits per heavy atom. The third-order valence-corrected chi connectivity index (χ3v) is 5.50. The van der Waals surface area contributed by atoms with Crippen molar-refractivity contribution in [3.05, 3.63) is 29.8 Å². The van der Waals surface area contributed by atoms with Crippen LogP contribution in [0.25, 0.3) is 0 Å². The minimum Gasteiger partial charge on any atom is -0.465 e. The average molecular weight is 375 g/mol. The van der Waals surface area contributed by atoms with Gasteiger partial charge in [-0.25, -0.2) is 4.79 Å². The summed E-state index contributed by atoms with van der Waals surface area (Å²) in [6.45, 7) is 1.57. The molecule has 3 rings (SSSR count). The number of nitrogens with zero attached hydrogens (tertiary/aromatic N) is 1. The normalized spacial score (nSPS) is 24.5. The molecule has 1 aromatic rings. The van der Waals surface area contributed by atoms with Crippen LogP contribution in [-0.2, 0) is 9.53 Å². The van der Waals surface area contributed by atoms with Gasteiger partial charge in [-0.05, 0) is 56.5 Å².